The largest absolute Gasteiger partial charge is 0.368 e. The van der Waals surface area contributed by atoms with Crippen LogP contribution in [-0.4, -0.2) is 30.7 Å². The number of fused-ring (bicyclic) bond motifs is 1. The Balaban J connectivity index is 2.66. The van der Waals surface area contributed by atoms with E-state index in [1.54, 1.807) is 7.05 Å². The van der Waals surface area contributed by atoms with Crippen molar-refractivity contribution >= 4 is 16.9 Å². The molecule has 0 saturated heterocycles. The molecular formula is C7H8N6O2. The fourth-order valence-electron chi connectivity index (χ4n) is 1.23. The van der Waals surface area contributed by atoms with Gasteiger partial charge in [0.15, 0.2) is 5.65 Å². The van der Waals surface area contributed by atoms with Gasteiger partial charge in [0.1, 0.15) is 11.9 Å². The zero-order valence-corrected chi connectivity index (χ0v) is 7.91. The van der Waals surface area contributed by atoms with Crippen LogP contribution in [0.1, 0.15) is 0 Å². The third-order valence-corrected chi connectivity index (χ3v) is 1.93. The lowest BCUT2D eigenvalue weighted by atomic mass is 10.4. The van der Waals surface area contributed by atoms with Gasteiger partial charge >= 0.3 is 0 Å². The Kier molecular flexibility index (Phi) is 1.96. The van der Waals surface area contributed by atoms with Crippen LogP contribution in [-0.2, 0) is 18.4 Å². The van der Waals surface area contributed by atoms with Crippen molar-refractivity contribution in [3.8, 4) is 0 Å². The standard InChI is InChI=1S/C7H8N6O2/c1-12-6-4(2-9-12)7(15)13(11-10-6)3-5(8)14/h2H,3H2,1H3,(H2,8,14). The molecule has 0 radical (unpaired) electrons. The summed E-state index contributed by atoms with van der Waals surface area (Å²) in [5, 5.41) is 11.5. The molecule has 2 N–H and O–H groups in total. The lowest BCUT2D eigenvalue weighted by molar-refractivity contribution is -0.118. The zero-order valence-electron chi connectivity index (χ0n) is 7.91. The molecular weight excluding hydrogens is 200 g/mol. The summed E-state index contributed by atoms with van der Waals surface area (Å²) in [5.74, 6) is -0.644. The first-order valence-electron chi connectivity index (χ1n) is 4.13. The second-order valence-electron chi connectivity index (χ2n) is 3.02. The van der Waals surface area contributed by atoms with Gasteiger partial charge in [-0.15, -0.1) is 5.10 Å². The van der Waals surface area contributed by atoms with Gasteiger partial charge in [0.05, 0.1) is 6.20 Å². The number of aryl methyl sites for hydroxylation is 1. The second kappa shape index (κ2) is 3.15. The van der Waals surface area contributed by atoms with Crippen LogP contribution in [0.5, 0.6) is 0 Å². The van der Waals surface area contributed by atoms with Crippen LogP contribution < -0.4 is 11.3 Å². The Morgan fingerprint density at radius 2 is 2.33 bits per heavy atom. The first kappa shape index (κ1) is 9.31. The molecule has 15 heavy (non-hydrogen) atoms. The monoisotopic (exact) mass is 208 g/mol. The number of rotatable bonds is 2. The van der Waals surface area contributed by atoms with Crippen molar-refractivity contribution < 1.29 is 4.79 Å². The molecule has 0 aliphatic carbocycles. The van der Waals surface area contributed by atoms with Crippen molar-refractivity contribution in [1.29, 1.82) is 0 Å². The maximum atomic E-state index is 11.7. The molecule has 0 atom stereocenters. The van der Waals surface area contributed by atoms with Crippen LogP contribution >= 0.6 is 0 Å². The van der Waals surface area contributed by atoms with E-state index < -0.39 is 11.5 Å². The topological polar surface area (TPSA) is 109 Å². The van der Waals surface area contributed by atoms with Crippen LogP contribution in [0.15, 0.2) is 11.0 Å². The summed E-state index contributed by atoms with van der Waals surface area (Å²) in [7, 11) is 1.65. The van der Waals surface area contributed by atoms with Crippen LogP contribution in [0.2, 0.25) is 0 Å². The Morgan fingerprint density at radius 1 is 1.60 bits per heavy atom. The van der Waals surface area contributed by atoms with Gasteiger partial charge in [-0.1, -0.05) is 5.21 Å². The minimum atomic E-state index is -0.644. The molecule has 0 fully saturated rings. The number of hydrogen-bond acceptors (Lipinski definition) is 5. The number of carbonyl (C=O) groups is 1. The Morgan fingerprint density at radius 3 is 3.00 bits per heavy atom. The average molecular weight is 208 g/mol. The quantitative estimate of drug-likeness (QED) is 0.614. The molecule has 0 aliphatic heterocycles. The third-order valence-electron chi connectivity index (χ3n) is 1.93. The molecule has 78 valence electrons. The highest BCUT2D eigenvalue weighted by molar-refractivity contribution is 5.75. The summed E-state index contributed by atoms with van der Waals surface area (Å²) in [4.78, 5) is 22.3. The van der Waals surface area contributed by atoms with Crippen LogP contribution in [0.4, 0.5) is 0 Å². The van der Waals surface area contributed by atoms with E-state index >= 15 is 0 Å². The number of amides is 1. The Bertz CT molecular complexity index is 583. The smallest absolute Gasteiger partial charge is 0.281 e. The normalized spacial score (nSPS) is 10.7. The van der Waals surface area contributed by atoms with Gasteiger partial charge in [-0.25, -0.2) is 9.36 Å². The Labute approximate surface area is 83.3 Å². The molecule has 1 amide bonds. The van der Waals surface area contributed by atoms with Crippen molar-refractivity contribution in [1.82, 2.24) is 24.8 Å². The van der Waals surface area contributed by atoms with Crippen molar-refractivity contribution in [3.63, 3.8) is 0 Å². The number of hydrogen-bond donors (Lipinski definition) is 1. The molecule has 2 aromatic rings. The summed E-state index contributed by atoms with van der Waals surface area (Å²) in [5.41, 5.74) is 4.91. The van der Waals surface area contributed by atoms with Crippen LogP contribution in [0.3, 0.4) is 0 Å². The van der Waals surface area contributed by atoms with E-state index in [0.717, 1.165) is 4.68 Å². The first-order valence-corrected chi connectivity index (χ1v) is 4.13. The van der Waals surface area contributed by atoms with E-state index in [9.17, 15) is 9.59 Å². The van der Waals surface area contributed by atoms with E-state index in [1.165, 1.54) is 10.9 Å². The van der Waals surface area contributed by atoms with E-state index in [0.29, 0.717) is 11.0 Å². The summed E-state index contributed by atoms with van der Waals surface area (Å²) in [6, 6.07) is 0. The molecule has 0 spiro atoms. The zero-order chi connectivity index (χ0) is 11.0. The van der Waals surface area contributed by atoms with E-state index in [2.05, 4.69) is 15.4 Å². The average Bonchev–Trinajstić information content (AvgIpc) is 2.53. The predicted molar refractivity (Wildman–Crippen MR) is 49.8 cm³/mol. The summed E-state index contributed by atoms with van der Waals surface area (Å²) < 4.78 is 2.34. The lowest BCUT2D eigenvalue weighted by Gasteiger charge is -1.99. The predicted octanol–water partition coefficient (Wildman–Crippen LogP) is -1.99. The summed E-state index contributed by atoms with van der Waals surface area (Å²) in [6.07, 6.45) is 1.38. The van der Waals surface area contributed by atoms with Gasteiger partial charge in [0, 0.05) is 7.05 Å². The molecule has 2 rings (SSSR count). The van der Waals surface area contributed by atoms with Gasteiger partial charge < -0.3 is 5.73 Å². The van der Waals surface area contributed by atoms with E-state index in [1.807, 2.05) is 0 Å². The second-order valence-corrected chi connectivity index (χ2v) is 3.02. The maximum Gasteiger partial charge on any atom is 0.281 e. The van der Waals surface area contributed by atoms with Gasteiger partial charge in [-0.05, 0) is 0 Å². The molecule has 8 nitrogen and oxygen atoms in total. The molecule has 2 aromatic heterocycles. The fraction of sp³-hybridized carbons (Fsp3) is 0.286. The van der Waals surface area contributed by atoms with Gasteiger partial charge in [0.2, 0.25) is 5.91 Å². The highest BCUT2D eigenvalue weighted by Crippen LogP contribution is 2.01. The summed E-state index contributed by atoms with van der Waals surface area (Å²) >= 11 is 0. The van der Waals surface area contributed by atoms with Crippen LogP contribution in [0.25, 0.3) is 11.0 Å². The van der Waals surface area contributed by atoms with E-state index in [4.69, 9.17) is 5.73 Å². The number of nitrogens with two attached hydrogens (primary N) is 1. The fourth-order valence-corrected chi connectivity index (χ4v) is 1.23. The Hall–Kier alpha value is -2.25. The van der Waals surface area contributed by atoms with Gasteiger partial charge in [0.25, 0.3) is 5.56 Å². The molecule has 2 heterocycles. The minimum absolute atomic E-state index is 0.281. The molecule has 0 bridgehead atoms. The van der Waals surface area contributed by atoms with Gasteiger partial charge in [-0.2, -0.15) is 5.10 Å². The number of primary amides is 1. The maximum absolute atomic E-state index is 11.7. The highest BCUT2D eigenvalue weighted by atomic mass is 16.2. The lowest BCUT2D eigenvalue weighted by Crippen LogP contribution is -2.30. The first-order chi connectivity index (χ1) is 7.09. The third kappa shape index (κ3) is 1.45. The molecule has 0 aromatic carbocycles. The number of nitrogens with zero attached hydrogens (tertiary/aromatic N) is 5. The number of aromatic nitrogens is 5. The van der Waals surface area contributed by atoms with Crippen molar-refractivity contribution in [2.45, 2.75) is 6.54 Å². The SMILES string of the molecule is Cn1ncc2c(=O)n(CC(N)=O)nnc21. The minimum Gasteiger partial charge on any atom is -0.368 e. The summed E-state index contributed by atoms with van der Waals surface area (Å²) in [6.45, 7) is -0.281. The molecule has 0 aliphatic rings. The van der Waals surface area contributed by atoms with Crippen molar-refractivity contribution in [3.05, 3.63) is 16.6 Å². The van der Waals surface area contributed by atoms with Gasteiger partial charge in [-0.3, -0.25) is 9.59 Å². The van der Waals surface area contributed by atoms with Crippen molar-refractivity contribution in [2.24, 2.45) is 12.8 Å². The molecule has 8 heteroatoms. The molecule has 0 unspecified atom stereocenters. The van der Waals surface area contributed by atoms with Crippen molar-refractivity contribution in [2.75, 3.05) is 0 Å². The number of carbonyl (C=O) groups excluding carboxylic acids is 1. The van der Waals surface area contributed by atoms with E-state index in [-0.39, 0.29) is 6.54 Å². The highest BCUT2D eigenvalue weighted by Gasteiger charge is 2.10. The molecule has 0 saturated carbocycles. The van der Waals surface area contributed by atoms with Crippen LogP contribution in [0, 0.1) is 0 Å².